The molecule has 1 saturated carbocycles. The van der Waals surface area contributed by atoms with Gasteiger partial charge in [-0.25, -0.2) is 0 Å². The van der Waals surface area contributed by atoms with Gasteiger partial charge in [-0.15, -0.1) is 0 Å². The largest absolute Gasteiger partial charge is 0.471 e. The molecule has 1 aliphatic rings. The van der Waals surface area contributed by atoms with Gasteiger partial charge in [0.25, 0.3) is 6.47 Å². The van der Waals surface area contributed by atoms with Gasteiger partial charge in [-0.05, 0) is 13.0 Å². The second-order valence-corrected chi connectivity index (χ2v) is 3.24. The fourth-order valence-corrected chi connectivity index (χ4v) is 1.60. The van der Waals surface area contributed by atoms with E-state index in [9.17, 15) is 0 Å². The zero-order valence-electron chi connectivity index (χ0n) is 11.8. The molecule has 1 fully saturated rings. The summed E-state index contributed by atoms with van der Waals surface area (Å²) in [6.45, 7) is 6.69. The molecule has 0 saturated heterocycles. The number of rotatable bonds is 2. The van der Waals surface area contributed by atoms with Crippen LogP contribution < -0.4 is 5.73 Å². The van der Waals surface area contributed by atoms with E-state index in [1.807, 2.05) is 13.8 Å². The molecule has 0 radical (unpaired) electrons. The molecule has 0 aromatic carbocycles. The SMILES string of the molecule is CC.CCC1CCCCC1.CN.COC=O. The summed E-state index contributed by atoms with van der Waals surface area (Å²) in [7, 11) is 2.81. The maximum atomic E-state index is 8.95. The Kier molecular flexibility index (Phi) is 31.1. The first kappa shape index (κ1) is 20.8. The highest BCUT2D eigenvalue weighted by atomic mass is 16.5. The van der Waals surface area contributed by atoms with Crippen LogP contribution in [0, 0.1) is 5.92 Å². The molecule has 0 atom stereocenters. The van der Waals surface area contributed by atoms with E-state index in [0.717, 1.165) is 5.92 Å². The van der Waals surface area contributed by atoms with Crippen LogP contribution in [-0.2, 0) is 9.53 Å². The molecule has 3 heteroatoms. The van der Waals surface area contributed by atoms with Crippen LogP contribution in [0.4, 0.5) is 0 Å². The van der Waals surface area contributed by atoms with Crippen LogP contribution in [0.1, 0.15) is 59.3 Å². The van der Waals surface area contributed by atoms with E-state index in [-0.39, 0.29) is 0 Å². The lowest BCUT2D eigenvalue weighted by atomic mass is 9.88. The Balaban J connectivity index is -0.000000181. The van der Waals surface area contributed by atoms with E-state index in [1.54, 1.807) is 0 Å². The molecule has 0 unspecified atom stereocenters. The molecule has 0 heterocycles. The number of ether oxygens (including phenoxy) is 1. The van der Waals surface area contributed by atoms with Gasteiger partial charge >= 0.3 is 0 Å². The third-order valence-corrected chi connectivity index (χ3v) is 2.40. The number of carbonyl (C=O) groups excluding carboxylic acids is 1. The van der Waals surface area contributed by atoms with Crippen LogP contribution in [0.3, 0.4) is 0 Å². The van der Waals surface area contributed by atoms with E-state index in [4.69, 9.17) is 4.79 Å². The zero-order chi connectivity index (χ0) is 13.2. The third-order valence-electron chi connectivity index (χ3n) is 2.40. The maximum absolute atomic E-state index is 8.95. The van der Waals surface area contributed by atoms with Crippen LogP contribution in [0.15, 0.2) is 0 Å². The summed E-state index contributed by atoms with van der Waals surface area (Å²) in [6, 6.07) is 0. The molecule has 0 aromatic heterocycles. The first-order chi connectivity index (χ1) is 7.85. The van der Waals surface area contributed by atoms with Gasteiger partial charge < -0.3 is 10.5 Å². The van der Waals surface area contributed by atoms with Crippen molar-refractivity contribution in [3.8, 4) is 0 Å². The summed E-state index contributed by atoms with van der Waals surface area (Å²) in [5.41, 5.74) is 4.50. The summed E-state index contributed by atoms with van der Waals surface area (Å²) < 4.78 is 3.86. The van der Waals surface area contributed by atoms with Gasteiger partial charge in [-0.1, -0.05) is 59.3 Å². The molecular formula is C13H31NO2. The van der Waals surface area contributed by atoms with Crippen molar-refractivity contribution < 1.29 is 9.53 Å². The normalized spacial score (nSPS) is 13.9. The molecule has 2 N–H and O–H groups in total. The fraction of sp³-hybridized carbons (Fsp3) is 0.923. The van der Waals surface area contributed by atoms with Crippen LogP contribution in [0.25, 0.3) is 0 Å². The van der Waals surface area contributed by atoms with Gasteiger partial charge in [0.15, 0.2) is 0 Å². The summed E-state index contributed by atoms with van der Waals surface area (Å²) in [5, 5.41) is 0. The molecule has 1 rings (SSSR count). The predicted molar refractivity (Wildman–Crippen MR) is 71.4 cm³/mol. The predicted octanol–water partition coefficient (Wildman–Crippen LogP) is 3.37. The van der Waals surface area contributed by atoms with E-state index >= 15 is 0 Å². The van der Waals surface area contributed by atoms with Crippen molar-refractivity contribution >= 4 is 6.47 Å². The van der Waals surface area contributed by atoms with Gasteiger partial charge in [0.05, 0.1) is 7.11 Å². The van der Waals surface area contributed by atoms with E-state index in [2.05, 4.69) is 17.4 Å². The van der Waals surface area contributed by atoms with Crippen LogP contribution in [0.5, 0.6) is 0 Å². The Morgan fingerprint density at radius 3 is 1.75 bits per heavy atom. The lowest BCUT2D eigenvalue weighted by Gasteiger charge is -2.18. The minimum atomic E-state index is 0.375. The molecule has 0 aliphatic heterocycles. The van der Waals surface area contributed by atoms with E-state index < -0.39 is 0 Å². The summed E-state index contributed by atoms with van der Waals surface area (Å²) in [6.07, 6.45) is 8.93. The first-order valence-electron chi connectivity index (χ1n) is 6.39. The Bertz CT molecular complexity index is 102. The fourth-order valence-electron chi connectivity index (χ4n) is 1.60. The highest BCUT2D eigenvalue weighted by Gasteiger charge is 2.09. The van der Waals surface area contributed by atoms with Crippen LogP contribution >= 0.6 is 0 Å². The Morgan fingerprint density at radius 2 is 1.56 bits per heavy atom. The maximum Gasteiger partial charge on any atom is 0.292 e. The van der Waals surface area contributed by atoms with Crippen molar-refractivity contribution in [3.05, 3.63) is 0 Å². The van der Waals surface area contributed by atoms with Crippen molar-refractivity contribution in [1.82, 2.24) is 0 Å². The molecule has 0 bridgehead atoms. The minimum absolute atomic E-state index is 0.375. The monoisotopic (exact) mass is 233 g/mol. The molecule has 1 aliphatic carbocycles. The Labute approximate surface area is 102 Å². The van der Waals surface area contributed by atoms with Gasteiger partial charge in [-0.3, -0.25) is 4.79 Å². The Hall–Kier alpha value is -0.570. The van der Waals surface area contributed by atoms with Crippen molar-refractivity contribution in [3.63, 3.8) is 0 Å². The molecule has 100 valence electrons. The van der Waals surface area contributed by atoms with E-state index in [0.29, 0.717) is 6.47 Å². The molecule has 0 aromatic rings. The highest BCUT2D eigenvalue weighted by molar-refractivity contribution is 5.36. The topological polar surface area (TPSA) is 52.3 Å². The van der Waals surface area contributed by atoms with Crippen molar-refractivity contribution in [1.29, 1.82) is 0 Å². The second-order valence-electron chi connectivity index (χ2n) is 3.24. The number of methoxy groups -OCH3 is 1. The molecule has 0 spiro atoms. The number of hydrogen-bond acceptors (Lipinski definition) is 3. The van der Waals surface area contributed by atoms with Crippen molar-refractivity contribution in [2.75, 3.05) is 14.2 Å². The van der Waals surface area contributed by atoms with Crippen molar-refractivity contribution in [2.24, 2.45) is 11.7 Å². The summed E-state index contributed by atoms with van der Waals surface area (Å²) in [4.78, 5) is 8.95. The van der Waals surface area contributed by atoms with E-state index in [1.165, 1.54) is 52.7 Å². The van der Waals surface area contributed by atoms with Crippen LogP contribution in [-0.4, -0.2) is 20.6 Å². The van der Waals surface area contributed by atoms with Gasteiger partial charge in [0.2, 0.25) is 0 Å². The minimum Gasteiger partial charge on any atom is -0.471 e. The average Bonchev–Trinajstić information content (AvgIpc) is 2.44. The second kappa shape index (κ2) is 23.9. The summed E-state index contributed by atoms with van der Waals surface area (Å²) >= 11 is 0. The van der Waals surface area contributed by atoms with Gasteiger partial charge in [0.1, 0.15) is 0 Å². The first-order valence-corrected chi connectivity index (χ1v) is 6.39. The smallest absolute Gasteiger partial charge is 0.292 e. The summed E-state index contributed by atoms with van der Waals surface area (Å²) in [5.74, 6) is 1.09. The number of carbonyl (C=O) groups is 1. The zero-order valence-corrected chi connectivity index (χ0v) is 11.8. The van der Waals surface area contributed by atoms with Gasteiger partial charge in [-0.2, -0.15) is 0 Å². The lowest BCUT2D eigenvalue weighted by Crippen LogP contribution is -2.03. The number of nitrogens with two attached hydrogens (primary N) is 1. The molecule has 0 amide bonds. The third kappa shape index (κ3) is 19.1. The quantitative estimate of drug-likeness (QED) is 0.744. The number of hydrogen-bond donors (Lipinski definition) is 1. The standard InChI is InChI=1S/C8H16.C2H4O2.C2H6.CH5N/c1-2-8-6-4-3-5-7-8;1-4-2-3;2*1-2/h8H,2-7H2,1H3;2H,1H3;1-2H3;2H2,1H3. The Morgan fingerprint density at radius 1 is 1.19 bits per heavy atom. The molecular weight excluding hydrogens is 202 g/mol. The van der Waals surface area contributed by atoms with Crippen molar-refractivity contribution in [2.45, 2.75) is 59.3 Å². The van der Waals surface area contributed by atoms with Gasteiger partial charge in [0, 0.05) is 0 Å². The molecule has 3 nitrogen and oxygen atoms in total. The average molecular weight is 233 g/mol. The molecule has 16 heavy (non-hydrogen) atoms. The van der Waals surface area contributed by atoms with Crippen LogP contribution in [0.2, 0.25) is 0 Å². The highest BCUT2D eigenvalue weighted by Crippen LogP contribution is 2.25. The lowest BCUT2D eigenvalue weighted by molar-refractivity contribution is -0.126.